The molecule has 3 nitrogen and oxygen atoms in total. The zero-order chi connectivity index (χ0) is 14.8. The normalized spacial score (nSPS) is 28.6. The molecule has 2 fully saturated rings. The number of benzene rings is 1. The van der Waals surface area contributed by atoms with Crippen LogP contribution in [0, 0.1) is 17.8 Å². The van der Waals surface area contributed by atoms with Gasteiger partial charge in [-0.1, -0.05) is 12.5 Å². The van der Waals surface area contributed by atoms with Crippen LogP contribution >= 0.6 is 0 Å². The van der Waals surface area contributed by atoms with E-state index in [9.17, 15) is 5.11 Å². The highest BCUT2D eigenvalue weighted by Crippen LogP contribution is 2.52. The summed E-state index contributed by atoms with van der Waals surface area (Å²) in [7, 11) is 0. The van der Waals surface area contributed by atoms with E-state index in [1.807, 2.05) is 32.0 Å². The summed E-state index contributed by atoms with van der Waals surface area (Å²) in [5.74, 6) is 3.51. The average Bonchev–Trinajstić information content (AvgIpc) is 3.11. The summed E-state index contributed by atoms with van der Waals surface area (Å²) in [6, 6.07) is 5.88. The highest BCUT2D eigenvalue weighted by atomic mass is 16.5. The molecule has 0 aromatic heterocycles. The van der Waals surface area contributed by atoms with Crippen LogP contribution in [0.4, 0.5) is 0 Å². The Hall–Kier alpha value is -1.22. The van der Waals surface area contributed by atoms with Crippen LogP contribution in [-0.2, 0) is 0 Å². The summed E-state index contributed by atoms with van der Waals surface area (Å²) in [5, 5.41) is 10.8. The van der Waals surface area contributed by atoms with Crippen LogP contribution in [0.25, 0.3) is 0 Å². The van der Waals surface area contributed by atoms with Gasteiger partial charge in [-0.2, -0.15) is 0 Å². The summed E-state index contributed by atoms with van der Waals surface area (Å²) in [6.45, 7) is 5.16. The fraction of sp³-hybridized carbons (Fsp3) is 0.667. The minimum atomic E-state index is -0.366. The number of aliphatic hydroxyl groups is 1. The van der Waals surface area contributed by atoms with Gasteiger partial charge in [0, 0.05) is 0 Å². The Morgan fingerprint density at radius 2 is 1.86 bits per heavy atom. The molecule has 4 unspecified atom stereocenters. The number of aliphatic hydroxyl groups excluding tert-OH is 1. The minimum absolute atomic E-state index is 0.366. The monoisotopic (exact) mass is 290 g/mol. The molecule has 3 rings (SSSR count). The third kappa shape index (κ3) is 2.89. The van der Waals surface area contributed by atoms with Gasteiger partial charge in [0.1, 0.15) is 0 Å². The lowest BCUT2D eigenvalue weighted by molar-refractivity contribution is 0.0742. The van der Waals surface area contributed by atoms with Crippen LogP contribution in [-0.4, -0.2) is 18.3 Å². The molecule has 1 N–H and O–H groups in total. The summed E-state index contributed by atoms with van der Waals surface area (Å²) in [5.41, 5.74) is 0.972. The van der Waals surface area contributed by atoms with Crippen molar-refractivity contribution in [1.29, 1.82) is 0 Å². The lowest BCUT2D eigenvalue weighted by Crippen LogP contribution is -2.19. The molecule has 21 heavy (non-hydrogen) atoms. The van der Waals surface area contributed by atoms with Crippen molar-refractivity contribution in [3.63, 3.8) is 0 Å². The second kappa shape index (κ2) is 6.27. The van der Waals surface area contributed by atoms with Gasteiger partial charge in [-0.25, -0.2) is 0 Å². The lowest BCUT2D eigenvalue weighted by atomic mass is 9.82. The molecule has 0 saturated heterocycles. The first kappa shape index (κ1) is 14.7. The van der Waals surface area contributed by atoms with Crippen molar-refractivity contribution in [2.45, 2.75) is 45.6 Å². The van der Waals surface area contributed by atoms with Gasteiger partial charge in [-0.15, -0.1) is 0 Å². The Morgan fingerprint density at radius 3 is 2.48 bits per heavy atom. The molecule has 3 heteroatoms. The van der Waals surface area contributed by atoms with Crippen LogP contribution in [0.5, 0.6) is 11.5 Å². The number of fused-ring (bicyclic) bond motifs is 2. The molecule has 0 spiro atoms. The van der Waals surface area contributed by atoms with E-state index in [2.05, 4.69) is 0 Å². The number of hydrogen-bond donors (Lipinski definition) is 1. The van der Waals surface area contributed by atoms with E-state index in [0.717, 1.165) is 23.0 Å². The van der Waals surface area contributed by atoms with Crippen LogP contribution in [0.1, 0.15) is 51.2 Å². The lowest BCUT2D eigenvalue weighted by Gasteiger charge is -2.27. The maximum absolute atomic E-state index is 10.8. The largest absolute Gasteiger partial charge is 0.490 e. The highest BCUT2D eigenvalue weighted by Gasteiger charge is 2.43. The smallest absolute Gasteiger partial charge is 0.161 e. The van der Waals surface area contributed by atoms with E-state index in [4.69, 9.17) is 9.47 Å². The minimum Gasteiger partial charge on any atom is -0.490 e. The van der Waals surface area contributed by atoms with Crippen LogP contribution < -0.4 is 9.47 Å². The van der Waals surface area contributed by atoms with Crippen LogP contribution in [0.15, 0.2) is 18.2 Å². The molecular formula is C18H26O3. The van der Waals surface area contributed by atoms with E-state index >= 15 is 0 Å². The standard InChI is InChI=1S/C18H26O3/c1-3-20-16-8-7-14(11-17(16)21-4-2)18(19)15-10-12-5-6-13(15)9-12/h7-8,11-13,15,18-19H,3-6,9-10H2,1-2H3. The molecule has 116 valence electrons. The second-order valence-corrected chi connectivity index (χ2v) is 6.36. The molecule has 1 aromatic carbocycles. The molecule has 2 aliphatic rings. The van der Waals surface area contributed by atoms with Crippen molar-refractivity contribution in [2.75, 3.05) is 13.2 Å². The molecular weight excluding hydrogens is 264 g/mol. The molecule has 0 heterocycles. The van der Waals surface area contributed by atoms with Gasteiger partial charge in [-0.05, 0) is 68.6 Å². The maximum Gasteiger partial charge on any atom is 0.161 e. The van der Waals surface area contributed by atoms with Crippen molar-refractivity contribution < 1.29 is 14.6 Å². The average molecular weight is 290 g/mol. The highest BCUT2D eigenvalue weighted by molar-refractivity contribution is 5.43. The quantitative estimate of drug-likeness (QED) is 0.862. The van der Waals surface area contributed by atoms with Crippen molar-refractivity contribution in [1.82, 2.24) is 0 Å². The zero-order valence-electron chi connectivity index (χ0n) is 13.0. The van der Waals surface area contributed by atoms with E-state index < -0.39 is 0 Å². The third-order valence-corrected chi connectivity index (χ3v) is 5.11. The molecule has 2 bridgehead atoms. The zero-order valence-corrected chi connectivity index (χ0v) is 13.0. The first-order chi connectivity index (χ1) is 10.2. The molecule has 1 aromatic rings. The van der Waals surface area contributed by atoms with Crippen molar-refractivity contribution in [3.8, 4) is 11.5 Å². The Kier molecular flexibility index (Phi) is 4.39. The van der Waals surface area contributed by atoms with Gasteiger partial charge >= 0.3 is 0 Å². The van der Waals surface area contributed by atoms with Gasteiger partial charge < -0.3 is 14.6 Å². The van der Waals surface area contributed by atoms with Crippen LogP contribution in [0.3, 0.4) is 0 Å². The van der Waals surface area contributed by atoms with Gasteiger partial charge in [0.2, 0.25) is 0 Å². The first-order valence-electron chi connectivity index (χ1n) is 8.30. The van der Waals surface area contributed by atoms with E-state index in [-0.39, 0.29) is 6.10 Å². The summed E-state index contributed by atoms with van der Waals surface area (Å²) in [6.07, 6.45) is 4.79. The topological polar surface area (TPSA) is 38.7 Å². The van der Waals surface area contributed by atoms with Gasteiger partial charge in [0.05, 0.1) is 19.3 Å². The summed E-state index contributed by atoms with van der Waals surface area (Å²) < 4.78 is 11.3. The Morgan fingerprint density at radius 1 is 1.10 bits per heavy atom. The van der Waals surface area contributed by atoms with Crippen molar-refractivity contribution in [3.05, 3.63) is 23.8 Å². The second-order valence-electron chi connectivity index (χ2n) is 6.36. The fourth-order valence-corrected chi connectivity index (χ4v) is 4.18. The maximum atomic E-state index is 10.8. The summed E-state index contributed by atoms with van der Waals surface area (Å²) in [4.78, 5) is 0. The molecule has 0 aliphatic heterocycles. The molecule has 4 atom stereocenters. The number of hydrogen-bond acceptors (Lipinski definition) is 3. The van der Waals surface area contributed by atoms with E-state index in [1.165, 1.54) is 25.7 Å². The SMILES string of the molecule is CCOc1ccc(C(O)C2CC3CCC2C3)cc1OCC. The number of ether oxygens (including phenoxy) is 2. The molecule has 0 radical (unpaired) electrons. The third-order valence-electron chi connectivity index (χ3n) is 5.11. The van der Waals surface area contributed by atoms with Crippen molar-refractivity contribution >= 4 is 0 Å². The number of rotatable bonds is 6. The first-order valence-corrected chi connectivity index (χ1v) is 8.30. The fourth-order valence-electron chi connectivity index (χ4n) is 4.18. The molecule has 0 amide bonds. The van der Waals surface area contributed by atoms with E-state index in [0.29, 0.717) is 25.0 Å². The van der Waals surface area contributed by atoms with Crippen LogP contribution in [0.2, 0.25) is 0 Å². The van der Waals surface area contributed by atoms with Crippen molar-refractivity contribution in [2.24, 2.45) is 17.8 Å². The molecule has 2 aliphatic carbocycles. The Bertz CT molecular complexity index is 485. The van der Waals surface area contributed by atoms with E-state index in [1.54, 1.807) is 0 Å². The Labute approximate surface area is 127 Å². The molecule has 2 saturated carbocycles. The summed E-state index contributed by atoms with van der Waals surface area (Å²) >= 11 is 0. The van der Waals surface area contributed by atoms with Gasteiger partial charge in [-0.3, -0.25) is 0 Å². The predicted octanol–water partition coefficient (Wildman–Crippen LogP) is 3.95. The van der Waals surface area contributed by atoms with Gasteiger partial charge in [0.15, 0.2) is 11.5 Å². The predicted molar refractivity (Wildman–Crippen MR) is 82.7 cm³/mol. The van der Waals surface area contributed by atoms with Gasteiger partial charge in [0.25, 0.3) is 0 Å². The Balaban J connectivity index is 1.79.